The second-order valence-electron chi connectivity index (χ2n) is 0.857. The van der Waals surface area contributed by atoms with Gasteiger partial charge >= 0.3 is 0 Å². The summed E-state index contributed by atoms with van der Waals surface area (Å²) in [5.41, 5.74) is 2.07. The third kappa shape index (κ3) is 2.38. The Kier molecular flexibility index (Phi) is 2.65. The van der Waals surface area contributed by atoms with Crippen LogP contribution < -0.4 is 17.1 Å². The lowest BCUT2D eigenvalue weighted by molar-refractivity contribution is 0.684. The maximum Gasteiger partial charge on any atom is 0.256 e. The highest BCUT2D eigenvalue weighted by Crippen LogP contribution is 1.65. The van der Waals surface area contributed by atoms with Crippen molar-refractivity contribution in [3.63, 3.8) is 0 Å². The van der Waals surface area contributed by atoms with E-state index in [2.05, 4.69) is 17.6 Å². The van der Waals surface area contributed by atoms with Crippen LogP contribution in [0.4, 0.5) is 0 Å². The van der Waals surface area contributed by atoms with Crippen molar-refractivity contribution in [3.8, 4) is 0 Å². The molecule has 0 rings (SSSR count). The number of hydrogen-bond acceptors (Lipinski definition) is 3. The fraction of sp³-hybridized carbons (Fsp3) is 0. The van der Waals surface area contributed by atoms with E-state index in [1.165, 1.54) is 0 Å². The highest BCUT2D eigenvalue weighted by atomic mass is 32.1. The van der Waals surface area contributed by atoms with Crippen molar-refractivity contribution in [2.75, 3.05) is 0 Å². The number of rotatable bonds is 0. The lowest BCUT2D eigenvalue weighted by Crippen LogP contribution is -2.45. The molecule has 0 aliphatic carbocycles. The predicted octanol–water partition coefficient (Wildman–Crippen LogP) is -2.01. The third-order valence-electron chi connectivity index (χ3n) is 0.358. The Morgan fingerprint density at radius 1 is 1.86 bits per heavy atom. The highest BCUT2D eigenvalue weighted by Gasteiger charge is 1.89. The molecule has 0 spiro atoms. The minimum absolute atomic E-state index is 0.0972. The van der Waals surface area contributed by atoms with Crippen LogP contribution >= 0.6 is 12.2 Å². The molecule has 0 bridgehead atoms. The average Bonchev–Trinajstić information content (AvgIpc) is 1.65. The molecule has 7 heavy (non-hydrogen) atoms. The van der Waals surface area contributed by atoms with Crippen molar-refractivity contribution in [1.29, 1.82) is 0 Å². The van der Waals surface area contributed by atoms with Gasteiger partial charge in [-0.1, -0.05) is 0 Å². The maximum absolute atomic E-state index is 4.87. The molecule has 0 aliphatic rings. The Morgan fingerprint density at radius 3 is 2.29 bits per heavy atom. The fourth-order valence-corrected chi connectivity index (χ4v) is 0.0745. The minimum Gasteiger partial charge on any atom is -0.346 e. The molecule has 0 amide bonds. The third-order valence-corrected chi connectivity index (χ3v) is 0.687. The number of nitrogens with zero attached hydrogens (tertiary/aromatic N) is 1. The van der Waals surface area contributed by atoms with E-state index in [1.807, 2.05) is 0 Å². The van der Waals surface area contributed by atoms with Crippen LogP contribution in [0.15, 0.2) is 0 Å². The first kappa shape index (κ1) is 6.67. The first-order chi connectivity index (χ1) is 3.18. The average molecular weight is 116 g/mol. The van der Waals surface area contributed by atoms with E-state index >= 15 is 0 Å². The van der Waals surface area contributed by atoms with Crippen molar-refractivity contribution in [3.05, 3.63) is 0 Å². The standard InChI is InChI=1S/CH5BN4S/c2-6(4)1(7)5-3/h3-4H2,(H,5,7). The zero-order chi connectivity index (χ0) is 5.86. The first-order valence-corrected chi connectivity index (χ1v) is 1.89. The normalized spacial score (nSPS) is 7.71. The SMILES string of the molecule is [B]N(N)C(=S)NN. The molecule has 0 heterocycles. The fourth-order valence-electron chi connectivity index (χ4n) is 0.0745. The van der Waals surface area contributed by atoms with Gasteiger partial charge in [0.05, 0.1) is 0 Å². The Bertz CT molecular complexity index is 72.1. The number of nitrogens with two attached hydrogens (primary N) is 2. The molecule has 0 saturated heterocycles. The van der Waals surface area contributed by atoms with Crippen LogP contribution in [0, 0.1) is 0 Å². The van der Waals surface area contributed by atoms with E-state index in [1.54, 1.807) is 0 Å². The van der Waals surface area contributed by atoms with E-state index in [4.69, 9.17) is 19.7 Å². The summed E-state index contributed by atoms with van der Waals surface area (Å²) in [5.74, 6) is 9.65. The topological polar surface area (TPSA) is 67.3 Å². The van der Waals surface area contributed by atoms with E-state index < -0.39 is 0 Å². The van der Waals surface area contributed by atoms with Gasteiger partial charge in [0.15, 0.2) is 5.11 Å². The molecule has 5 N–H and O–H groups in total. The second kappa shape index (κ2) is 2.78. The lowest BCUT2D eigenvalue weighted by Gasteiger charge is -2.10. The van der Waals surface area contributed by atoms with Gasteiger partial charge in [0.2, 0.25) is 0 Å². The molecule has 0 aromatic rings. The summed E-state index contributed by atoms with van der Waals surface area (Å²) in [6, 6.07) is 0. The van der Waals surface area contributed by atoms with E-state index in [-0.39, 0.29) is 5.11 Å². The van der Waals surface area contributed by atoms with E-state index in [0.717, 1.165) is 4.92 Å². The van der Waals surface area contributed by atoms with Gasteiger partial charge in [-0.3, -0.25) is 5.84 Å². The van der Waals surface area contributed by atoms with Crippen molar-refractivity contribution in [1.82, 2.24) is 10.3 Å². The second-order valence-corrected chi connectivity index (χ2v) is 1.24. The highest BCUT2D eigenvalue weighted by molar-refractivity contribution is 7.80. The molecule has 4 nitrogen and oxygen atoms in total. The van der Waals surface area contributed by atoms with Crippen LogP contribution in [0.2, 0.25) is 0 Å². The summed E-state index contributed by atoms with van der Waals surface area (Å²) < 4.78 is 0. The quantitative estimate of drug-likeness (QED) is 0.148. The molecule has 0 fully saturated rings. The number of thiocarbonyl (C=S) groups is 1. The summed E-state index contributed by atoms with van der Waals surface area (Å²) in [6.45, 7) is 0. The van der Waals surface area contributed by atoms with Gasteiger partial charge < -0.3 is 10.3 Å². The van der Waals surface area contributed by atoms with Gasteiger partial charge in [0.25, 0.3) is 7.98 Å². The van der Waals surface area contributed by atoms with Crippen LogP contribution in [0.3, 0.4) is 0 Å². The van der Waals surface area contributed by atoms with Gasteiger partial charge in [0, 0.05) is 0 Å². The Hall–Kier alpha value is -0.325. The zero-order valence-corrected chi connectivity index (χ0v) is 4.40. The van der Waals surface area contributed by atoms with Gasteiger partial charge in [-0.05, 0) is 12.2 Å². The summed E-state index contributed by atoms with van der Waals surface area (Å²) in [5, 5.41) is 0.0972. The molecule has 2 radical (unpaired) electrons. The zero-order valence-electron chi connectivity index (χ0n) is 3.59. The molecule has 0 aromatic heterocycles. The molecular formula is CH5BN4S. The van der Waals surface area contributed by atoms with Crippen LogP contribution in [-0.2, 0) is 0 Å². The molecule has 6 heteroatoms. The monoisotopic (exact) mass is 116 g/mol. The molecular weight excluding hydrogens is 111 g/mol. The van der Waals surface area contributed by atoms with Crippen LogP contribution in [-0.4, -0.2) is 18.0 Å². The Morgan fingerprint density at radius 2 is 2.29 bits per heavy atom. The molecule has 0 saturated carbocycles. The molecule has 0 unspecified atom stereocenters. The minimum atomic E-state index is 0.0972. The van der Waals surface area contributed by atoms with Crippen molar-refractivity contribution in [2.24, 2.45) is 11.7 Å². The van der Waals surface area contributed by atoms with E-state index in [9.17, 15) is 0 Å². The van der Waals surface area contributed by atoms with Crippen LogP contribution in [0.5, 0.6) is 0 Å². The van der Waals surface area contributed by atoms with Crippen molar-refractivity contribution < 1.29 is 0 Å². The summed E-state index contributed by atoms with van der Waals surface area (Å²) in [6.07, 6.45) is 0. The molecule has 0 atom stereocenters. The number of nitrogens with one attached hydrogen (secondary N) is 1. The summed E-state index contributed by atoms with van der Waals surface area (Å²) in [7, 11) is 4.87. The van der Waals surface area contributed by atoms with Gasteiger partial charge in [-0.25, -0.2) is 5.84 Å². The van der Waals surface area contributed by atoms with Crippen LogP contribution in [0.1, 0.15) is 0 Å². The van der Waals surface area contributed by atoms with Crippen molar-refractivity contribution >= 4 is 25.3 Å². The molecule has 38 valence electrons. The number of hydrogen-bond donors (Lipinski definition) is 3. The maximum atomic E-state index is 4.87. The van der Waals surface area contributed by atoms with Gasteiger partial charge in [-0.15, -0.1) is 0 Å². The molecule has 0 aromatic carbocycles. The number of hydrazine groups is 2. The van der Waals surface area contributed by atoms with Crippen molar-refractivity contribution in [2.45, 2.75) is 0 Å². The summed E-state index contributed by atoms with van der Waals surface area (Å²) in [4.78, 5) is 0.718. The predicted molar refractivity (Wildman–Crippen MR) is 31.7 cm³/mol. The summed E-state index contributed by atoms with van der Waals surface area (Å²) >= 11 is 4.42. The van der Waals surface area contributed by atoms with Gasteiger partial charge in [-0.2, -0.15) is 0 Å². The lowest BCUT2D eigenvalue weighted by atomic mass is 10.4. The van der Waals surface area contributed by atoms with Gasteiger partial charge in [0.1, 0.15) is 0 Å². The smallest absolute Gasteiger partial charge is 0.256 e. The molecule has 0 aliphatic heterocycles. The van der Waals surface area contributed by atoms with E-state index in [0.29, 0.717) is 0 Å². The Labute approximate surface area is 48.2 Å². The largest absolute Gasteiger partial charge is 0.346 e. The Balaban J connectivity index is 3.35. The van der Waals surface area contributed by atoms with Crippen LogP contribution in [0.25, 0.3) is 0 Å². The first-order valence-electron chi connectivity index (χ1n) is 1.48.